The average Bonchev–Trinajstić information content (AvgIpc) is 2.71. The van der Waals surface area contributed by atoms with Gasteiger partial charge >= 0.3 is 20.4 Å². The Morgan fingerprint density at radius 2 is 1.62 bits per heavy atom. The second kappa shape index (κ2) is 5.04. The Bertz CT molecular complexity index is 823. The van der Waals surface area contributed by atoms with E-state index in [4.69, 9.17) is 0 Å². The fourth-order valence-corrected chi connectivity index (χ4v) is 2.23. The number of nitrogens with zero attached hydrogens (tertiary/aromatic N) is 3. The molecule has 5 nitrogen and oxygen atoms in total. The number of nitro groups is 1. The molecule has 0 saturated carbocycles. The van der Waals surface area contributed by atoms with Gasteiger partial charge in [0.1, 0.15) is 11.0 Å². The van der Waals surface area contributed by atoms with Crippen molar-refractivity contribution >= 4 is 30.9 Å². The number of halogens is 9. The van der Waals surface area contributed by atoms with Gasteiger partial charge in [-0.2, -0.15) is 13.2 Å². The van der Waals surface area contributed by atoms with Crippen LogP contribution in [0.5, 0.6) is 0 Å². The van der Waals surface area contributed by atoms with E-state index in [1.807, 2.05) is 0 Å². The molecule has 132 valence electrons. The van der Waals surface area contributed by atoms with E-state index in [9.17, 15) is 49.2 Å². The second-order valence-corrected chi connectivity index (χ2v) is 4.57. The van der Waals surface area contributed by atoms with Crippen LogP contribution in [-0.4, -0.2) is 23.6 Å². The molecular weight excluding hydrogens is 363 g/mol. The van der Waals surface area contributed by atoms with E-state index in [0.717, 1.165) is 0 Å². The number of fused-ring (bicyclic) bond motifs is 1. The van der Waals surface area contributed by atoms with Gasteiger partial charge in [-0.1, -0.05) is 0 Å². The van der Waals surface area contributed by atoms with E-state index >= 15 is 0 Å². The average molecular weight is 366 g/mol. The molecule has 0 N–H and O–H groups in total. The molecule has 0 aliphatic heterocycles. The number of alkyl halides is 3. The minimum atomic E-state index is -6.62. The lowest BCUT2D eigenvalue weighted by molar-refractivity contribution is -0.576. The van der Waals surface area contributed by atoms with E-state index in [1.54, 1.807) is 0 Å². The molecule has 0 bridgehead atoms. The summed E-state index contributed by atoms with van der Waals surface area (Å²) in [7, 11) is -13.2. The molecular formula is C8H3B2F9N3O2-. The largest absolute Gasteiger partial charge is 0.710 e. The fraction of sp³-hybridized carbons (Fsp3) is 0.125. The van der Waals surface area contributed by atoms with Crippen LogP contribution in [0.15, 0.2) is 18.2 Å². The zero-order valence-corrected chi connectivity index (χ0v) is 10.9. The molecule has 16 heteroatoms. The number of aromatic nitrogens is 2. The molecule has 2 rings (SSSR count). The molecule has 0 unspecified atom stereocenters. The van der Waals surface area contributed by atoms with Gasteiger partial charge in [-0.25, -0.2) is 0 Å². The first-order valence-corrected chi connectivity index (χ1v) is 5.86. The van der Waals surface area contributed by atoms with Crippen molar-refractivity contribution in [3.8, 4) is 0 Å². The molecule has 0 aliphatic rings. The first kappa shape index (κ1) is 17.9. The monoisotopic (exact) mass is 366 g/mol. The van der Waals surface area contributed by atoms with Gasteiger partial charge < -0.3 is 34.9 Å². The van der Waals surface area contributed by atoms with Crippen molar-refractivity contribution in [3.05, 3.63) is 34.1 Å². The summed E-state index contributed by atoms with van der Waals surface area (Å²) in [6.07, 6.45) is -6.01. The summed E-state index contributed by atoms with van der Waals surface area (Å²) in [5, 5.41) is 10.6. The first-order valence-electron chi connectivity index (χ1n) is 5.86. The number of nitro benzene ring substituents is 1. The summed E-state index contributed by atoms with van der Waals surface area (Å²) in [4.78, 5) is 9.32. The van der Waals surface area contributed by atoms with Crippen molar-refractivity contribution < 1.29 is 48.5 Å². The number of hydrogen-bond donors (Lipinski definition) is 0. The Labute approximate surface area is 125 Å². The lowest BCUT2D eigenvalue weighted by atomic mass is 10.1. The summed E-state index contributed by atoms with van der Waals surface area (Å²) >= 11 is 0. The number of benzene rings is 1. The maximum Gasteiger partial charge on any atom is 0.710 e. The normalized spacial score (nSPS) is 13.5. The van der Waals surface area contributed by atoms with Crippen LogP contribution in [0, 0.1) is 10.1 Å². The van der Waals surface area contributed by atoms with Crippen molar-refractivity contribution in [2.24, 2.45) is 0 Å². The standard InChI is InChI=1S/C8H3B2F9N3O2/c11-8(12,13)7-20(9(14,15)16)5-2-1-4(22(23)24)3-6(5)21(7)10(17,18)19/h1-3H/q-1. The van der Waals surface area contributed by atoms with Gasteiger partial charge in [0.2, 0.25) is 0 Å². The SMILES string of the molecule is O=[N+]([O-])c1ccc2c(c1)n([B-](F)(F)F)c(C(F)(F)F)[n+]2[B-](F)(F)F. The van der Waals surface area contributed by atoms with Crippen LogP contribution in [0.2, 0.25) is 0 Å². The van der Waals surface area contributed by atoms with E-state index in [1.165, 1.54) is 0 Å². The van der Waals surface area contributed by atoms with E-state index < -0.39 is 56.8 Å². The van der Waals surface area contributed by atoms with E-state index in [-0.39, 0.29) is 12.1 Å². The van der Waals surface area contributed by atoms with Crippen molar-refractivity contribution in [1.29, 1.82) is 0 Å². The summed E-state index contributed by atoms with van der Waals surface area (Å²) in [5.41, 5.74) is -4.18. The maximum absolute atomic E-state index is 13.0. The number of rotatable bonds is 3. The van der Waals surface area contributed by atoms with Gasteiger partial charge in [-0.3, -0.25) is 10.1 Å². The summed E-state index contributed by atoms with van der Waals surface area (Å²) in [5.74, 6) is -3.02. The molecule has 2 aromatic rings. The molecule has 1 heterocycles. The molecule has 0 spiro atoms. The van der Waals surface area contributed by atoms with Gasteiger partial charge in [0.05, 0.1) is 11.0 Å². The molecule has 0 amide bonds. The Balaban J connectivity index is 3.12. The molecule has 0 fully saturated rings. The van der Waals surface area contributed by atoms with Gasteiger partial charge in [-0.15, -0.1) is 0 Å². The predicted octanol–water partition coefficient (Wildman–Crippen LogP) is 3.24. The second-order valence-electron chi connectivity index (χ2n) is 4.57. The molecule has 24 heavy (non-hydrogen) atoms. The highest BCUT2D eigenvalue weighted by Crippen LogP contribution is 2.36. The third-order valence-corrected chi connectivity index (χ3v) is 2.98. The van der Waals surface area contributed by atoms with Gasteiger partial charge in [0, 0.05) is 6.07 Å². The third kappa shape index (κ3) is 2.87. The van der Waals surface area contributed by atoms with Crippen LogP contribution in [0.3, 0.4) is 0 Å². The summed E-state index contributed by atoms with van der Waals surface area (Å²) in [6.45, 7) is 0. The van der Waals surface area contributed by atoms with Crippen LogP contribution >= 0.6 is 0 Å². The molecule has 0 aliphatic carbocycles. The fourth-order valence-electron chi connectivity index (χ4n) is 2.23. The lowest BCUT2D eigenvalue weighted by Crippen LogP contribution is -2.60. The van der Waals surface area contributed by atoms with Crippen molar-refractivity contribution in [2.45, 2.75) is 6.18 Å². The van der Waals surface area contributed by atoms with E-state index in [2.05, 4.69) is 0 Å². The maximum atomic E-state index is 13.0. The van der Waals surface area contributed by atoms with Crippen molar-refractivity contribution in [1.82, 2.24) is 4.48 Å². The van der Waals surface area contributed by atoms with Crippen molar-refractivity contribution in [3.63, 3.8) is 0 Å². The smallest absolute Gasteiger partial charge is 0.404 e. The Morgan fingerprint density at radius 1 is 1.08 bits per heavy atom. The zero-order chi connectivity index (χ0) is 18.7. The quantitative estimate of drug-likeness (QED) is 0.363. The summed E-state index contributed by atoms with van der Waals surface area (Å²) < 4.78 is 114. The first-order chi connectivity index (χ1) is 10.7. The number of non-ortho nitro benzene ring substituents is 1. The Kier molecular flexibility index (Phi) is 3.77. The van der Waals surface area contributed by atoms with Crippen LogP contribution in [0.25, 0.3) is 11.0 Å². The van der Waals surface area contributed by atoms with Crippen molar-refractivity contribution in [2.75, 3.05) is 0 Å². The van der Waals surface area contributed by atoms with Crippen LogP contribution < -0.4 is 4.48 Å². The number of imidazole rings is 1. The Hall–Kier alpha value is -2.41. The topological polar surface area (TPSA) is 52.0 Å². The van der Waals surface area contributed by atoms with E-state index in [0.29, 0.717) is 6.07 Å². The third-order valence-electron chi connectivity index (χ3n) is 2.98. The van der Waals surface area contributed by atoms with Gasteiger partial charge in [0.15, 0.2) is 0 Å². The van der Waals surface area contributed by atoms with Gasteiger partial charge in [0.25, 0.3) is 11.5 Å². The minimum absolute atomic E-state index is 0.0120. The molecule has 0 atom stereocenters. The summed E-state index contributed by atoms with van der Waals surface area (Å²) in [6, 6.07) is 0.586. The number of hydrogen-bond acceptors (Lipinski definition) is 2. The predicted molar refractivity (Wildman–Crippen MR) is 62.7 cm³/mol. The highest BCUT2D eigenvalue weighted by Gasteiger charge is 2.55. The van der Waals surface area contributed by atoms with Crippen LogP contribution in [-0.2, 0) is 6.18 Å². The molecule has 1 aromatic carbocycles. The lowest BCUT2D eigenvalue weighted by Gasteiger charge is -2.19. The molecule has 1 aromatic heterocycles. The van der Waals surface area contributed by atoms with Gasteiger partial charge in [-0.05, 0) is 6.07 Å². The molecule has 0 radical (unpaired) electrons. The molecule has 0 saturated heterocycles. The minimum Gasteiger partial charge on any atom is -0.404 e. The van der Waals surface area contributed by atoms with Crippen LogP contribution in [0.1, 0.15) is 5.82 Å². The Morgan fingerprint density at radius 3 is 2.00 bits per heavy atom. The highest BCUT2D eigenvalue weighted by molar-refractivity contribution is 6.58. The highest BCUT2D eigenvalue weighted by atomic mass is 19.4. The van der Waals surface area contributed by atoms with Crippen LogP contribution in [0.4, 0.5) is 44.8 Å². The zero-order valence-electron chi connectivity index (χ0n) is 10.9.